The van der Waals surface area contributed by atoms with Crippen molar-refractivity contribution in [2.75, 3.05) is 36.5 Å². The maximum atomic E-state index is 4.92. The average Bonchev–Trinajstić information content (AvgIpc) is 3.37. The van der Waals surface area contributed by atoms with Crippen LogP contribution in [0, 0.1) is 6.92 Å². The molecule has 2 aromatic carbocycles. The summed E-state index contributed by atoms with van der Waals surface area (Å²) in [6.07, 6.45) is 2.06. The number of guanidine groups is 1. The van der Waals surface area contributed by atoms with Crippen LogP contribution in [-0.2, 0) is 20.0 Å². The number of para-hydroxylation sites is 2. The fraction of sp³-hybridized carbons (Fsp3) is 0.375. The largest absolute Gasteiger partial charge is 0.375 e. The van der Waals surface area contributed by atoms with Crippen LogP contribution in [0.1, 0.15) is 23.6 Å². The number of aromatic nitrogens is 3. The zero-order chi connectivity index (χ0) is 21.6. The van der Waals surface area contributed by atoms with Gasteiger partial charge in [0, 0.05) is 45.1 Å². The van der Waals surface area contributed by atoms with E-state index >= 15 is 0 Å². The van der Waals surface area contributed by atoms with E-state index in [-0.39, 0.29) is 0 Å². The van der Waals surface area contributed by atoms with E-state index in [0.29, 0.717) is 6.54 Å². The number of nitrogens with zero attached hydrogens (tertiary/aromatic N) is 6. The van der Waals surface area contributed by atoms with E-state index in [1.165, 1.54) is 16.9 Å². The molecule has 0 atom stereocenters. The van der Waals surface area contributed by atoms with Gasteiger partial charge in [0.2, 0.25) is 0 Å². The number of fused-ring (bicyclic) bond motifs is 1. The number of benzene rings is 2. The maximum absolute atomic E-state index is 4.92. The van der Waals surface area contributed by atoms with Crippen LogP contribution in [0.2, 0.25) is 0 Å². The monoisotopic (exact) mass is 417 g/mol. The molecular weight excluding hydrogens is 386 g/mol. The number of nitrogens with one attached hydrogen (secondary N) is 1. The van der Waals surface area contributed by atoms with E-state index in [0.717, 1.165) is 50.1 Å². The highest BCUT2D eigenvalue weighted by molar-refractivity contribution is 5.97. The Morgan fingerprint density at radius 1 is 1.10 bits per heavy atom. The fourth-order valence-electron chi connectivity index (χ4n) is 3.86. The van der Waals surface area contributed by atoms with Crippen molar-refractivity contribution in [2.24, 2.45) is 12.0 Å². The second-order valence-corrected chi connectivity index (χ2v) is 7.93. The number of hydrogen-bond donors (Lipinski definition) is 1. The minimum Gasteiger partial charge on any atom is -0.375 e. The van der Waals surface area contributed by atoms with Crippen LogP contribution in [0.5, 0.6) is 0 Å². The van der Waals surface area contributed by atoms with Crippen molar-refractivity contribution in [3.05, 3.63) is 71.8 Å². The van der Waals surface area contributed by atoms with Crippen LogP contribution in [0.25, 0.3) is 0 Å². The third-order valence-corrected chi connectivity index (χ3v) is 5.85. The highest BCUT2D eigenvalue weighted by Gasteiger charge is 2.22. The predicted molar refractivity (Wildman–Crippen MR) is 127 cm³/mol. The molecule has 0 saturated heterocycles. The minimum absolute atomic E-state index is 0.502. The average molecular weight is 418 g/mol. The van der Waals surface area contributed by atoms with Crippen LogP contribution < -0.4 is 15.1 Å². The van der Waals surface area contributed by atoms with E-state index in [1.807, 2.05) is 24.6 Å². The molecule has 0 amide bonds. The quantitative estimate of drug-likeness (QED) is 0.364. The van der Waals surface area contributed by atoms with Gasteiger partial charge in [0.25, 0.3) is 0 Å². The molecule has 4 rings (SSSR count). The van der Waals surface area contributed by atoms with Gasteiger partial charge in [-0.3, -0.25) is 0 Å². The van der Waals surface area contributed by atoms with E-state index in [4.69, 9.17) is 4.99 Å². The Morgan fingerprint density at radius 3 is 2.65 bits per heavy atom. The van der Waals surface area contributed by atoms with Gasteiger partial charge in [-0.1, -0.05) is 36.4 Å². The molecule has 2 heterocycles. The maximum Gasteiger partial charge on any atom is 0.198 e. The van der Waals surface area contributed by atoms with Gasteiger partial charge < -0.3 is 19.7 Å². The Kier molecular flexibility index (Phi) is 6.50. The topological polar surface area (TPSA) is 61.6 Å². The number of aliphatic imine (C=N–C) groups is 1. The van der Waals surface area contributed by atoms with Crippen molar-refractivity contribution in [1.82, 2.24) is 20.1 Å². The SMILES string of the molecule is Cc1nnc(CN=C(NCCCN(C)c2ccccc2)N2CCc3ccccc32)n1C. The molecule has 0 unspecified atom stereocenters. The smallest absolute Gasteiger partial charge is 0.198 e. The van der Waals surface area contributed by atoms with Crippen molar-refractivity contribution in [1.29, 1.82) is 0 Å². The van der Waals surface area contributed by atoms with Gasteiger partial charge in [0.1, 0.15) is 12.4 Å². The van der Waals surface area contributed by atoms with E-state index in [1.54, 1.807) is 0 Å². The lowest BCUT2D eigenvalue weighted by atomic mass is 10.2. The molecular formula is C24H31N7. The first-order chi connectivity index (χ1) is 15.1. The number of aryl methyl sites for hydroxylation is 1. The lowest BCUT2D eigenvalue weighted by molar-refractivity contribution is 0.732. The van der Waals surface area contributed by atoms with Gasteiger partial charge in [-0.2, -0.15) is 0 Å². The van der Waals surface area contributed by atoms with Crippen LogP contribution in [0.4, 0.5) is 11.4 Å². The Bertz CT molecular complexity index is 1030. The molecule has 0 aliphatic carbocycles. The first kappa shape index (κ1) is 20.9. The Balaban J connectivity index is 1.43. The molecule has 0 radical (unpaired) electrons. The van der Waals surface area contributed by atoms with Crippen molar-refractivity contribution >= 4 is 17.3 Å². The first-order valence-corrected chi connectivity index (χ1v) is 10.9. The summed E-state index contributed by atoms with van der Waals surface area (Å²) in [6, 6.07) is 19.1. The zero-order valence-corrected chi connectivity index (χ0v) is 18.6. The molecule has 1 aliphatic heterocycles. The van der Waals surface area contributed by atoms with Crippen LogP contribution in [0.3, 0.4) is 0 Å². The van der Waals surface area contributed by atoms with Gasteiger partial charge >= 0.3 is 0 Å². The van der Waals surface area contributed by atoms with Crippen molar-refractivity contribution < 1.29 is 0 Å². The predicted octanol–water partition coefficient (Wildman–Crippen LogP) is 3.16. The molecule has 1 aromatic heterocycles. The van der Waals surface area contributed by atoms with Gasteiger partial charge in [-0.05, 0) is 43.5 Å². The third kappa shape index (κ3) is 4.87. The molecule has 1 aliphatic rings. The van der Waals surface area contributed by atoms with Gasteiger partial charge in [0.05, 0.1) is 0 Å². The van der Waals surface area contributed by atoms with Crippen LogP contribution >= 0.6 is 0 Å². The summed E-state index contributed by atoms with van der Waals surface area (Å²) >= 11 is 0. The molecule has 31 heavy (non-hydrogen) atoms. The zero-order valence-electron chi connectivity index (χ0n) is 18.6. The Labute approximate surface area is 184 Å². The van der Waals surface area contributed by atoms with Crippen molar-refractivity contribution in [3.63, 3.8) is 0 Å². The second-order valence-electron chi connectivity index (χ2n) is 7.93. The standard InChI is InChI=1S/C24H31N7/c1-19-27-28-23(30(19)3)18-26-24(31-17-14-20-10-7-8-13-22(20)31)25-15-9-16-29(2)21-11-5-4-6-12-21/h4-8,10-13H,9,14-18H2,1-3H3,(H,25,26). The number of anilines is 2. The molecule has 1 N–H and O–H groups in total. The fourth-order valence-corrected chi connectivity index (χ4v) is 3.86. The Hall–Kier alpha value is -3.35. The van der Waals surface area contributed by atoms with Gasteiger partial charge in [-0.25, -0.2) is 4.99 Å². The highest BCUT2D eigenvalue weighted by atomic mass is 15.3. The van der Waals surface area contributed by atoms with E-state index < -0.39 is 0 Å². The summed E-state index contributed by atoms with van der Waals surface area (Å²) in [6.45, 7) is 5.23. The molecule has 0 spiro atoms. The molecule has 0 saturated carbocycles. The summed E-state index contributed by atoms with van der Waals surface area (Å²) in [7, 11) is 4.12. The van der Waals surface area contributed by atoms with Crippen LogP contribution in [-0.4, -0.2) is 47.4 Å². The minimum atomic E-state index is 0.502. The van der Waals surface area contributed by atoms with Gasteiger partial charge in [0.15, 0.2) is 11.8 Å². The molecule has 0 bridgehead atoms. The summed E-state index contributed by atoms with van der Waals surface area (Å²) in [5.41, 5.74) is 3.85. The first-order valence-electron chi connectivity index (χ1n) is 10.9. The molecule has 0 fully saturated rings. The summed E-state index contributed by atoms with van der Waals surface area (Å²) < 4.78 is 1.99. The Morgan fingerprint density at radius 2 is 1.87 bits per heavy atom. The third-order valence-electron chi connectivity index (χ3n) is 5.85. The summed E-state index contributed by atoms with van der Waals surface area (Å²) in [4.78, 5) is 9.49. The highest BCUT2D eigenvalue weighted by Crippen LogP contribution is 2.27. The lowest BCUT2D eigenvalue weighted by Crippen LogP contribution is -2.41. The van der Waals surface area contributed by atoms with E-state index in [9.17, 15) is 0 Å². The number of hydrogen-bond acceptors (Lipinski definition) is 4. The molecule has 7 nitrogen and oxygen atoms in total. The molecule has 3 aromatic rings. The van der Waals surface area contributed by atoms with Crippen LogP contribution in [0.15, 0.2) is 59.6 Å². The van der Waals surface area contributed by atoms with E-state index in [2.05, 4.69) is 80.9 Å². The number of rotatable bonds is 7. The van der Waals surface area contributed by atoms with Gasteiger partial charge in [-0.15, -0.1) is 10.2 Å². The second kappa shape index (κ2) is 9.64. The van der Waals surface area contributed by atoms with Crippen molar-refractivity contribution in [3.8, 4) is 0 Å². The molecule has 7 heteroatoms. The summed E-state index contributed by atoms with van der Waals surface area (Å²) in [5.74, 6) is 2.68. The summed E-state index contributed by atoms with van der Waals surface area (Å²) in [5, 5.41) is 12.0. The normalized spacial score (nSPS) is 13.4. The van der Waals surface area contributed by atoms with Crippen molar-refractivity contribution in [2.45, 2.75) is 26.3 Å². The molecule has 162 valence electrons. The lowest BCUT2D eigenvalue weighted by Gasteiger charge is -2.24.